The first-order valence-corrected chi connectivity index (χ1v) is 12.7. The van der Waals surface area contributed by atoms with Crippen molar-refractivity contribution in [3.63, 3.8) is 0 Å². The number of nitrogens with zero attached hydrogens (tertiary/aromatic N) is 5. The number of carbonyl (C=O) groups is 1. The molecule has 4 aromatic heterocycles. The van der Waals surface area contributed by atoms with Crippen molar-refractivity contribution in [3.05, 3.63) is 83.4 Å². The van der Waals surface area contributed by atoms with Gasteiger partial charge in [-0.25, -0.2) is 15.0 Å². The minimum atomic E-state index is -0.875. The van der Waals surface area contributed by atoms with Gasteiger partial charge in [-0.2, -0.15) is 0 Å². The van der Waals surface area contributed by atoms with E-state index in [0.29, 0.717) is 10.7 Å². The van der Waals surface area contributed by atoms with Gasteiger partial charge in [0, 0.05) is 41.2 Å². The smallest absolute Gasteiger partial charge is 0.307 e. The van der Waals surface area contributed by atoms with Gasteiger partial charge >= 0.3 is 5.97 Å². The highest BCUT2D eigenvalue weighted by molar-refractivity contribution is 7.22. The van der Waals surface area contributed by atoms with Gasteiger partial charge in [0.1, 0.15) is 5.01 Å². The molecular formula is C28H20ClN5O2S. The van der Waals surface area contributed by atoms with E-state index >= 15 is 0 Å². The average Bonchev–Trinajstić information content (AvgIpc) is 3.48. The van der Waals surface area contributed by atoms with E-state index in [1.54, 1.807) is 30.1 Å². The van der Waals surface area contributed by atoms with Crippen molar-refractivity contribution in [1.29, 1.82) is 0 Å². The van der Waals surface area contributed by atoms with Crippen LogP contribution in [0.3, 0.4) is 0 Å². The van der Waals surface area contributed by atoms with Crippen LogP contribution in [0.15, 0.2) is 67.3 Å². The zero-order valence-corrected chi connectivity index (χ0v) is 21.5. The normalized spacial score (nSPS) is 11.4. The van der Waals surface area contributed by atoms with E-state index in [2.05, 4.69) is 15.0 Å². The largest absolute Gasteiger partial charge is 0.481 e. The fraction of sp³-hybridized carbons (Fsp3) is 0.107. The van der Waals surface area contributed by atoms with Gasteiger partial charge < -0.3 is 9.67 Å². The summed E-state index contributed by atoms with van der Waals surface area (Å²) < 4.78 is 2.87. The summed E-state index contributed by atoms with van der Waals surface area (Å²) in [6.45, 7) is 1.93. The predicted molar refractivity (Wildman–Crippen MR) is 147 cm³/mol. The molecule has 0 unspecified atom stereocenters. The SMILES string of the molecule is Cc1cc2nc(-c3ccnc(-c4cnc5ncn(C)c5c4)c3)sc2c(-c2ccc(Cl)cc2)c1CC(=O)O. The average molecular weight is 526 g/mol. The maximum Gasteiger partial charge on any atom is 0.307 e. The number of fused-ring (bicyclic) bond motifs is 2. The zero-order chi connectivity index (χ0) is 25.7. The second kappa shape index (κ2) is 9.06. The highest BCUT2D eigenvalue weighted by atomic mass is 35.5. The number of pyridine rings is 2. The highest BCUT2D eigenvalue weighted by Crippen LogP contribution is 2.41. The maximum atomic E-state index is 11.7. The van der Waals surface area contributed by atoms with Gasteiger partial charge in [-0.1, -0.05) is 23.7 Å². The minimum absolute atomic E-state index is 0.0736. The Balaban J connectivity index is 1.51. The van der Waals surface area contributed by atoms with Crippen LogP contribution in [0.4, 0.5) is 0 Å². The lowest BCUT2D eigenvalue weighted by Gasteiger charge is -2.13. The summed E-state index contributed by atoms with van der Waals surface area (Å²) in [7, 11) is 1.94. The number of benzene rings is 2. The quantitative estimate of drug-likeness (QED) is 0.274. The molecule has 0 aliphatic heterocycles. The van der Waals surface area contributed by atoms with Crippen LogP contribution in [-0.2, 0) is 18.3 Å². The van der Waals surface area contributed by atoms with Crippen LogP contribution in [0.1, 0.15) is 11.1 Å². The zero-order valence-electron chi connectivity index (χ0n) is 19.9. The maximum absolute atomic E-state index is 11.7. The second-order valence-corrected chi connectivity index (χ2v) is 10.3. The topological polar surface area (TPSA) is 93.8 Å². The molecule has 1 N–H and O–H groups in total. The number of imidazole rings is 1. The van der Waals surface area contributed by atoms with E-state index in [1.807, 2.05) is 67.1 Å². The highest BCUT2D eigenvalue weighted by Gasteiger charge is 2.20. The van der Waals surface area contributed by atoms with Gasteiger partial charge in [0.05, 0.1) is 34.2 Å². The van der Waals surface area contributed by atoms with E-state index in [0.717, 1.165) is 59.8 Å². The molecule has 0 amide bonds. The molecule has 0 radical (unpaired) electrons. The second-order valence-electron chi connectivity index (χ2n) is 8.84. The van der Waals surface area contributed by atoms with Crippen LogP contribution in [0.5, 0.6) is 0 Å². The van der Waals surface area contributed by atoms with Crippen LogP contribution >= 0.6 is 22.9 Å². The molecule has 0 saturated heterocycles. The Labute approximate surface area is 221 Å². The number of thiazole rings is 1. The fourth-order valence-corrected chi connectivity index (χ4v) is 5.79. The molecule has 7 nitrogen and oxygen atoms in total. The summed E-state index contributed by atoms with van der Waals surface area (Å²) in [5.41, 5.74) is 8.52. The fourth-order valence-electron chi connectivity index (χ4n) is 4.53. The number of rotatable bonds is 5. The number of carboxylic acids is 1. The molecule has 6 rings (SSSR count). The standard InChI is InChI=1S/C28H20ClN5O2S/c1-15-9-22-26(25(20(15)12-24(35)36)16-3-5-19(29)6-4-16)37-28(33-22)17-7-8-30-21(10-17)18-11-23-27(31-13-18)32-14-34(23)2/h3-11,13-14H,12H2,1-2H3,(H,35,36). The van der Waals surface area contributed by atoms with E-state index in [9.17, 15) is 9.90 Å². The lowest BCUT2D eigenvalue weighted by Crippen LogP contribution is -2.04. The lowest BCUT2D eigenvalue weighted by atomic mass is 9.93. The molecule has 0 atom stereocenters. The third-order valence-corrected chi connectivity index (χ3v) is 7.75. The van der Waals surface area contributed by atoms with Crippen molar-refractivity contribution in [2.75, 3.05) is 0 Å². The third kappa shape index (κ3) is 4.24. The van der Waals surface area contributed by atoms with Crippen LogP contribution in [0.2, 0.25) is 5.02 Å². The Hall–Kier alpha value is -4.14. The first kappa shape index (κ1) is 23.3. The molecular weight excluding hydrogens is 506 g/mol. The van der Waals surface area contributed by atoms with Gasteiger partial charge in [-0.05, 0) is 60.0 Å². The van der Waals surface area contributed by atoms with E-state index in [-0.39, 0.29) is 6.42 Å². The Morgan fingerprint density at radius 2 is 1.84 bits per heavy atom. The molecule has 9 heteroatoms. The van der Waals surface area contributed by atoms with Crippen LogP contribution in [0.25, 0.3) is 54.3 Å². The number of halogens is 1. The molecule has 182 valence electrons. The number of hydrogen-bond donors (Lipinski definition) is 1. The van der Waals surface area contributed by atoms with Gasteiger partial charge in [-0.15, -0.1) is 11.3 Å². The molecule has 6 aromatic rings. The van der Waals surface area contributed by atoms with Crippen LogP contribution in [0, 0.1) is 6.92 Å². The first-order valence-electron chi connectivity index (χ1n) is 11.5. The number of aryl methyl sites for hydroxylation is 2. The molecule has 0 saturated carbocycles. The van der Waals surface area contributed by atoms with E-state index in [4.69, 9.17) is 16.6 Å². The van der Waals surface area contributed by atoms with E-state index in [1.165, 1.54) is 0 Å². The monoisotopic (exact) mass is 525 g/mol. The molecule has 37 heavy (non-hydrogen) atoms. The molecule has 0 aliphatic rings. The Morgan fingerprint density at radius 3 is 2.62 bits per heavy atom. The lowest BCUT2D eigenvalue weighted by molar-refractivity contribution is -0.136. The van der Waals surface area contributed by atoms with Crippen molar-refractivity contribution in [1.82, 2.24) is 24.5 Å². The van der Waals surface area contributed by atoms with E-state index < -0.39 is 5.97 Å². The number of hydrogen-bond acceptors (Lipinski definition) is 6. The first-order chi connectivity index (χ1) is 17.9. The Kier molecular flexibility index (Phi) is 5.70. The minimum Gasteiger partial charge on any atom is -0.481 e. The summed E-state index contributed by atoms with van der Waals surface area (Å²) in [5, 5.41) is 11.1. The molecule has 0 fully saturated rings. The van der Waals surface area contributed by atoms with Crippen molar-refractivity contribution < 1.29 is 9.90 Å². The number of aliphatic carboxylic acids is 1. The Bertz CT molecular complexity index is 1820. The number of carboxylic acid groups (broad SMARTS) is 1. The molecule has 4 heterocycles. The molecule has 2 aromatic carbocycles. The summed E-state index contributed by atoms with van der Waals surface area (Å²) in [5.74, 6) is -0.875. The Morgan fingerprint density at radius 1 is 1.03 bits per heavy atom. The van der Waals surface area contributed by atoms with Crippen molar-refractivity contribution >= 4 is 50.3 Å². The van der Waals surface area contributed by atoms with Gasteiger partial charge in [0.15, 0.2) is 5.65 Å². The van der Waals surface area contributed by atoms with Crippen molar-refractivity contribution in [3.8, 4) is 33.0 Å². The van der Waals surface area contributed by atoms with Crippen molar-refractivity contribution in [2.24, 2.45) is 7.05 Å². The number of aromatic nitrogens is 5. The van der Waals surface area contributed by atoms with Crippen molar-refractivity contribution in [2.45, 2.75) is 13.3 Å². The van der Waals surface area contributed by atoms with Gasteiger partial charge in [0.2, 0.25) is 0 Å². The van der Waals surface area contributed by atoms with Gasteiger partial charge in [-0.3, -0.25) is 9.78 Å². The third-order valence-electron chi connectivity index (χ3n) is 6.36. The van der Waals surface area contributed by atoms with Crippen LogP contribution in [-0.4, -0.2) is 35.6 Å². The summed E-state index contributed by atoms with van der Waals surface area (Å²) >= 11 is 7.68. The molecule has 0 bridgehead atoms. The predicted octanol–water partition coefficient (Wildman–Crippen LogP) is 6.56. The summed E-state index contributed by atoms with van der Waals surface area (Å²) in [4.78, 5) is 30.0. The van der Waals surface area contributed by atoms with Crippen LogP contribution < -0.4 is 0 Å². The summed E-state index contributed by atoms with van der Waals surface area (Å²) in [6.07, 6.45) is 5.21. The summed E-state index contributed by atoms with van der Waals surface area (Å²) in [6, 6.07) is 15.4. The molecule has 0 spiro atoms. The molecule has 0 aliphatic carbocycles. The van der Waals surface area contributed by atoms with Gasteiger partial charge in [0.25, 0.3) is 0 Å².